The van der Waals surface area contributed by atoms with Crippen molar-refractivity contribution in [1.29, 1.82) is 0 Å². The first-order valence-corrected chi connectivity index (χ1v) is 10.5. The van der Waals surface area contributed by atoms with Crippen LogP contribution in [0.1, 0.15) is 38.8 Å². The van der Waals surface area contributed by atoms with E-state index < -0.39 is 12.0 Å². The van der Waals surface area contributed by atoms with E-state index in [-0.39, 0.29) is 0 Å². The first-order chi connectivity index (χ1) is 12.8. The summed E-state index contributed by atoms with van der Waals surface area (Å²) >= 11 is 12.5. The van der Waals surface area contributed by atoms with Gasteiger partial charge in [0.15, 0.2) is 16.6 Å². The summed E-state index contributed by atoms with van der Waals surface area (Å²) < 4.78 is 18.1. The lowest BCUT2D eigenvalue weighted by Gasteiger charge is -2.31. The molecule has 0 saturated carbocycles. The second-order valence-corrected chi connectivity index (χ2v) is 7.76. The molecule has 2 rings (SSSR count). The smallest absolute Gasteiger partial charge is 0.337 e. The number of carbonyl (C=O) groups excluding carboxylic acids is 1. The van der Waals surface area contributed by atoms with Crippen LogP contribution in [0.5, 0.6) is 11.5 Å². The number of allylic oxidation sites excluding steroid dienone is 1. The number of methoxy groups -OCH3 is 1. The van der Waals surface area contributed by atoms with Crippen LogP contribution in [0.4, 0.5) is 0 Å². The minimum atomic E-state index is -0.503. The van der Waals surface area contributed by atoms with Gasteiger partial charge in [0.25, 0.3) is 0 Å². The van der Waals surface area contributed by atoms with Crippen molar-refractivity contribution in [1.82, 2.24) is 10.6 Å². The normalized spacial score (nSPS) is 16.5. The molecule has 9 heteroatoms. The van der Waals surface area contributed by atoms with Crippen molar-refractivity contribution in [2.24, 2.45) is 0 Å². The maximum absolute atomic E-state index is 12.4. The van der Waals surface area contributed by atoms with E-state index in [0.29, 0.717) is 45.6 Å². The maximum atomic E-state index is 12.4. The van der Waals surface area contributed by atoms with Crippen molar-refractivity contribution in [2.45, 2.75) is 33.2 Å². The molecule has 6 nitrogen and oxygen atoms in total. The molecule has 1 atom stereocenters. The lowest BCUT2D eigenvalue weighted by molar-refractivity contribution is -0.136. The molecule has 0 bridgehead atoms. The van der Waals surface area contributed by atoms with Crippen molar-refractivity contribution in [3.05, 3.63) is 31.8 Å². The van der Waals surface area contributed by atoms with E-state index in [4.69, 9.17) is 26.4 Å². The number of halogens is 2. The van der Waals surface area contributed by atoms with Gasteiger partial charge in [0, 0.05) is 10.2 Å². The van der Waals surface area contributed by atoms with Crippen molar-refractivity contribution >= 4 is 55.2 Å². The summed E-state index contributed by atoms with van der Waals surface area (Å²) in [6, 6.07) is 1.35. The Morgan fingerprint density at radius 2 is 1.96 bits per heavy atom. The van der Waals surface area contributed by atoms with Crippen LogP contribution in [0.3, 0.4) is 0 Å². The van der Waals surface area contributed by atoms with Crippen LogP contribution < -0.4 is 20.1 Å². The fourth-order valence-electron chi connectivity index (χ4n) is 2.72. The average Bonchev–Trinajstić information content (AvgIpc) is 2.63. The third-order valence-electron chi connectivity index (χ3n) is 3.89. The molecular formula is C18H22Br2N2O4S. The molecule has 0 saturated heterocycles. The number of hydrogen-bond acceptors (Lipinski definition) is 5. The van der Waals surface area contributed by atoms with Crippen LogP contribution in [0.15, 0.2) is 26.3 Å². The predicted octanol–water partition coefficient (Wildman–Crippen LogP) is 4.36. The lowest BCUT2D eigenvalue weighted by atomic mass is 9.95. The SMILES string of the molecule is CCCOc1c(OCC)cc(C2NC(=S)NC(C)=C2C(=O)OC)c(Br)c1Br. The first kappa shape index (κ1) is 22.0. The number of hydrogen-bond donors (Lipinski definition) is 2. The Morgan fingerprint density at radius 3 is 2.56 bits per heavy atom. The van der Waals surface area contributed by atoms with Crippen LogP contribution in [0.25, 0.3) is 0 Å². The second-order valence-electron chi connectivity index (χ2n) is 5.76. The van der Waals surface area contributed by atoms with Gasteiger partial charge in [0.05, 0.1) is 36.4 Å². The zero-order chi connectivity index (χ0) is 20.1. The Bertz CT molecular complexity index is 783. The highest BCUT2D eigenvalue weighted by molar-refractivity contribution is 9.13. The van der Waals surface area contributed by atoms with E-state index in [9.17, 15) is 4.79 Å². The maximum Gasteiger partial charge on any atom is 0.337 e. The zero-order valence-electron chi connectivity index (χ0n) is 15.6. The Labute approximate surface area is 181 Å². The topological polar surface area (TPSA) is 68.8 Å². The molecule has 27 heavy (non-hydrogen) atoms. The van der Waals surface area contributed by atoms with Crippen LogP contribution in [-0.2, 0) is 9.53 Å². The van der Waals surface area contributed by atoms with Gasteiger partial charge < -0.3 is 24.8 Å². The zero-order valence-corrected chi connectivity index (χ0v) is 19.6. The molecule has 0 fully saturated rings. The Hall–Kier alpha value is -1.32. The summed E-state index contributed by atoms with van der Waals surface area (Å²) in [7, 11) is 1.35. The molecule has 2 N–H and O–H groups in total. The summed E-state index contributed by atoms with van der Waals surface area (Å²) in [5.41, 5.74) is 1.86. The number of benzene rings is 1. The molecule has 0 radical (unpaired) electrons. The standard InChI is InChI=1S/C18H22Br2N2O4S/c1-5-7-26-16-11(25-6-2)8-10(13(19)14(16)20)15-12(17(23)24-4)9(3)21-18(27)22-15/h8,15H,5-7H2,1-4H3,(H2,21,22,27). The minimum absolute atomic E-state index is 0.428. The number of ether oxygens (including phenoxy) is 3. The van der Waals surface area contributed by atoms with Crippen LogP contribution in [-0.4, -0.2) is 31.4 Å². The molecule has 0 amide bonds. The monoisotopic (exact) mass is 520 g/mol. The van der Waals surface area contributed by atoms with Gasteiger partial charge in [-0.2, -0.15) is 0 Å². The van der Waals surface area contributed by atoms with Gasteiger partial charge >= 0.3 is 5.97 Å². The predicted molar refractivity (Wildman–Crippen MR) is 115 cm³/mol. The summed E-state index contributed by atoms with van der Waals surface area (Å²) in [6.07, 6.45) is 0.871. The molecule has 0 aliphatic carbocycles. The molecule has 0 spiro atoms. The number of nitrogens with one attached hydrogen (secondary N) is 2. The Balaban J connectivity index is 2.63. The van der Waals surface area contributed by atoms with E-state index in [2.05, 4.69) is 42.5 Å². The molecule has 1 heterocycles. The lowest BCUT2D eigenvalue weighted by Crippen LogP contribution is -2.45. The van der Waals surface area contributed by atoms with Crippen LogP contribution in [0.2, 0.25) is 0 Å². The molecule has 1 aliphatic heterocycles. The van der Waals surface area contributed by atoms with E-state index in [0.717, 1.165) is 16.5 Å². The van der Waals surface area contributed by atoms with Gasteiger partial charge in [-0.25, -0.2) is 4.79 Å². The van der Waals surface area contributed by atoms with E-state index >= 15 is 0 Å². The summed E-state index contributed by atoms with van der Waals surface area (Å²) in [6.45, 7) is 6.77. The van der Waals surface area contributed by atoms with Crippen molar-refractivity contribution in [3.63, 3.8) is 0 Å². The van der Waals surface area contributed by atoms with E-state index in [1.807, 2.05) is 19.9 Å². The van der Waals surface area contributed by atoms with Crippen LogP contribution in [0, 0.1) is 0 Å². The highest BCUT2D eigenvalue weighted by Gasteiger charge is 2.33. The molecule has 1 aromatic rings. The number of thiocarbonyl (C=S) groups is 1. The Morgan fingerprint density at radius 1 is 1.26 bits per heavy atom. The summed E-state index contributed by atoms with van der Waals surface area (Å²) in [4.78, 5) is 12.4. The third-order valence-corrected chi connectivity index (χ3v) is 6.25. The fraction of sp³-hybridized carbons (Fsp3) is 0.444. The number of rotatable bonds is 7. The largest absolute Gasteiger partial charge is 0.490 e. The van der Waals surface area contributed by atoms with Gasteiger partial charge in [0.2, 0.25) is 0 Å². The molecule has 1 aromatic carbocycles. The van der Waals surface area contributed by atoms with Crippen molar-refractivity contribution < 1.29 is 19.0 Å². The molecule has 1 aliphatic rings. The van der Waals surface area contributed by atoms with E-state index in [1.54, 1.807) is 6.92 Å². The third kappa shape index (κ3) is 4.75. The molecular weight excluding hydrogens is 500 g/mol. The number of esters is 1. The molecule has 1 unspecified atom stereocenters. The Kier molecular flexibility index (Phi) is 7.93. The highest BCUT2D eigenvalue weighted by Crippen LogP contribution is 2.46. The summed E-state index contributed by atoms with van der Waals surface area (Å²) in [5.74, 6) is 0.766. The highest BCUT2D eigenvalue weighted by atomic mass is 79.9. The molecule has 148 valence electrons. The molecule has 0 aromatic heterocycles. The van der Waals surface area contributed by atoms with Gasteiger partial charge in [-0.05, 0) is 76.0 Å². The van der Waals surface area contributed by atoms with Crippen LogP contribution >= 0.6 is 44.1 Å². The quantitative estimate of drug-likeness (QED) is 0.408. The van der Waals surface area contributed by atoms with E-state index in [1.165, 1.54) is 7.11 Å². The average molecular weight is 522 g/mol. The van der Waals surface area contributed by atoms with Gasteiger partial charge in [-0.1, -0.05) is 6.92 Å². The van der Waals surface area contributed by atoms with Gasteiger partial charge in [-0.15, -0.1) is 0 Å². The van der Waals surface area contributed by atoms with Gasteiger partial charge in [0.1, 0.15) is 0 Å². The minimum Gasteiger partial charge on any atom is -0.490 e. The fourth-order valence-corrected chi connectivity index (χ4v) is 4.06. The summed E-state index contributed by atoms with van der Waals surface area (Å²) in [5, 5.41) is 6.54. The second kappa shape index (κ2) is 9.75. The van der Waals surface area contributed by atoms with Gasteiger partial charge in [-0.3, -0.25) is 0 Å². The first-order valence-electron chi connectivity index (χ1n) is 8.49. The van der Waals surface area contributed by atoms with Crippen molar-refractivity contribution in [3.8, 4) is 11.5 Å². The van der Waals surface area contributed by atoms with Crippen molar-refractivity contribution in [2.75, 3.05) is 20.3 Å². The number of carbonyl (C=O) groups is 1.